The van der Waals surface area contributed by atoms with Gasteiger partial charge in [-0.2, -0.15) is 0 Å². The molecule has 0 amide bonds. The Hall–Kier alpha value is -2.06. The fourth-order valence-electron chi connectivity index (χ4n) is 4.04. The number of carboxylic acids is 1. The predicted molar refractivity (Wildman–Crippen MR) is 113 cm³/mol. The third-order valence-corrected chi connectivity index (χ3v) is 7.88. The summed E-state index contributed by atoms with van der Waals surface area (Å²) in [5.41, 5.74) is 1.38. The first-order valence-corrected chi connectivity index (χ1v) is 11.8. The Morgan fingerprint density at radius 3 is 2.69 bits per heavy atom. The minimum absolute atomic E-state index is 0.202. The molecule has 0 unspecified atom stereocenters. The first-order valence-electron chi connectivity index (χ1n) is 9.52. The summed E-state index contributed by atoms with van der Waals surface area (Å²) in [6.07, 6.45) is 1.56. The second kappa shape index (κ2) is 7.65. The SMILES string of the molecule is Cc1cccc(S(=O)(=O)N2C[C@H](CC3CC(C(=O)O)C3)Oc3ccc(Br)cc32)c1. The first-order chi connectivity index (χ1) is 13.7. The number of halogens is 1. The van der Waals surface area contributed by atoms with Crippen LogP contribution in [-0.2, 0) is 14.8 Å². The Labute approximate surface area is 178 Å². The van der Waals surface area contributed by atoms with E-state index in [1.54, 1.807) is 30.3 Å². The summed E-state index contributed by atoms with van der Waals surface area (Å²) in [5, 5.41) is 9.09. The standard InChI is InChI=1S/C21H22BrNO5S/c1-13-3-2-4-18(7-13)29(26,27)23-12-17(10-14-8-15(9-14)21(24)25)28-20-6-5-16(22)11-19(20)23/h2-7,11,14-15,17H,8-10,12H2,1H3,(H,24,25)/t14?,15?,17-/m0/s1. The van der Waals surface area contributed by atoms with Crippen molar-refractivity contribution in [2.24, 2.45) is 11.8 Å². The molecular formula is C21H22BrNO5S. The molecule has 0 spiro atoms. The number of rotatable bonds is 5. The van der Waals surface area contributed by atoms with Crippen LogP contribution in [0, 0.1) is 18.8 Å². The molecule has 2 aromatic carbocycles. The van der Waals surface area contributed by atoms with Gasteiger partial charge in [0.15, 0.2) is 0 Å². The number of aliphatic carboxylic acids is 1. The molecule has 29 heavy (non-hydrogen) atoms. The third kappa shape index (κ3) is 4.00. The minimum atomic E-state index is -3.76. The molecule has 8 heteroatoms. The number of nitrogens with zero attached hydrogens (tertiary/aromatic N) is 1. The number of anilines is 1. The highest BCUT2D eigenvalue weighted by molar-refractivity contribution is 9.10. The highest BCUT2D eigenvalue weighted by Gasteiger charge is 2.40. The van der Waals surface area contributed by atoms with E-state index < -0.39 is 16.0 Å². The van der Waals surface area contributed by atoms with E-state index in [1.807, 2.05) is 19.1 Å². The maximum absolute atomic E-state index is 13.4. The van der Waals surface area contributed by atoms with Crippen molar-refractivity contribution < 1.29 is 23.1 Å². The number of sulfonamides is 1. The number of fused-ring (bicyclic) bond motifs is 1. The summed E-state index contributed by atoms with van der Waals surface area (Å²) in [5.74, 6) is -0.292. The minimum Gasteiger partial charge on any atom is -0.486 e. The van der Waals surface area contributed by atoms with Crippen LogP contribution in [0.15, 0.2) is 51.8 Å². The summed E-state index contributed by atoms with van der Waals surface area (Å²) >= 11 is 3.42. The molecule has 1 fully saturated rings. The number of carboxylic acid groups (broad SMARTS) is 1. The Bertz CT molecular complexity index is 1050. The van der Waals surface area contributed by atoms with Gasteiger partial charge in [0.05, 0.1) is 23.0 Å². The van der Waals surface area contributed by atoms with Crippen molar-refractivity contribution in [1.82, 2.24) is 0 Å². The lowest BCUT2D eigenvalue weighted by molar-refractivity contribution is -0.146. The quantitative estimate of drug-likeness (QED) is 0.693. The fraction of sp³-hybridized carbons (Fsp3) is 0.381. The highest BCUT2D eigenvalue weighted by atomic mass is 79.9. The molecule has 0 bridgehead atoms. The molecule has 0 radical (unpaired) electrons. The van der Waals surface area contributed by atoms with Crippen molar-refractivity contribution in [2.45, 2.75) is 37.2 Å². The van der Waals surface area contributed by atoms with Gasteiger partial charge in [-0.1, -0.05) is 28.1 Å². The summed E-state index contributed by atoms with van der Waals surface area (Å²) in [4.78, 5) is 11.3. The van der Waals surface area contributed by atoms with E-state index in [1.165, 1.54) is 4.31 Å². The van der Waals surface area contributed by atoms with Crippen LogP contribution in [-0.4, -0.2) is 32.1 Å². The van der Waals surface area contributed by atoms with Gasteiger partial charge in [0, 0.05) is 4.47 Å². The van der Waals surface area contributed by atoms with Crippen LogP contribution in [0.25, 0.3) is 0 Å². The zero-order chi connectivity index (χ0) is 20.8. The molecule has 4 rings (SSSR count). The molecular weight excluding hydrogens is 458 g/mol. The Kier molecular flexibility index (Phi) is 5.33. The number of carbonyl (C=O) groups is 1. The molecule has 1 aliphatic carbocycles. The Morgan fingerprint density at radius 2 is 2.00 bits per heavy atom. The van der Waals surface area contributed by atoms with Gasteiger partial charge < -0.3 is 9.84 Å². The fourth-order valence-corrected chi connectivity index (χ4v) is 5.99. The lowest BCUT2D eigenvalue weighted by Crippen LogP contribution is -2.45. The summed E-state index contributed by atoms with van der Waals surface area (Å²) < 4.78 is 35.2. The van der Waals surface area contributed by atoms with E-state index in [0.717, 1.165) is 10.0 Å². The zero-order valence-corrected chi connectivity index (χ0v) is 18.3. The lowest BCUT2D eigenvalue weighted by atomic mass is 9.72. The normalized spacial score (nSPS) is 23.7. The van der Waals surface area contributed by atoms with E-state index in [-0.39, 0.29) is 29.4 Å². The predicted octanol–water partition coefficient (Wildman–Crippen LogP) is 4.21. The van der Waals surface area contributed by atoms with E-state index in [2.05, 4.69) is 15.9 Å². The van der Waals surface area contributed by atoms with Crippen molar-refractivity contribution in [3.8, 4) is 5.75 Å². The number of benzene rings is 2. The zero-order valence-electron chi connectivity index (χ0n) is 15.9. The molecule has 1 N–H and O–H groups in total. The van der Waals surface area contributed by atoms with Crippen molar-refractivity contribution in [2.75, 3.05) is 10.8 Å². The lowest BCUT2D eigenvalue weighted by Gasteiger charge is -2.39. The molecule has 1 saturated carbocycles. The van der Waals surface area contributed by atoms with Gasteiger partial charge in [0.1, 0.15) is 11.9 Å². The maximum Gasteiger partial charge on any atom is 0.306 e. The Balaban J connectivity index is 1.63. The van der Waals surface area contributed by atoms with Crippen LogP contribution in [0.5, 0.6) is 5.75 Å². The van der Waals surface area contributed by atoms with Gasteiger partial charge in [-0.25, -0.2) is 8.42 Å². The van der Waals surface area contributed by atoms with E-state index >= 15 is 0 Å². The second-order valence-corrected chi connectivity index (χ2v) is 10.6. The molecule has 0 saturated heterocycles. The van der Waals surface area contributed by atoms with Crippen LogP contribution in [0.3, 0.4) is 0 Å². The number of aryl methyl sites for hydroxylation is 1. The van der Waals surface area contributed by atoms with Crippen LogP contribution in [0.2, 0.25) is 0 Å². The average Bonchev–Trinajstić information content (AvgIpc) is 2.63. The number of hydrogen-bond acceptors (Lipinski definition) is 4. The van der Waals surface area contributed by atoms with Crippen molar-refractivity contribution in [3.63, 3.8) is 0 Å². The summed E-state index contributed by atoms with van der Waals surface area (Å²) in [7, 11) is -3.76. The highest BCUT2D eigenvalue weighted by Crippen LogP contribution is 2.43. The molecule has 2 aliphatic rings. The molecule has 2 aromatic rings. The molecule has 1 heterocycles. The molecule has 1 atom stereocenters. The summed E-state index contributed by atoms with van der Waals surface area (Å²) in [6.45, 7) is 2.06. The van der Waals surface area contributed by atoms with Crippen molar-refractivity contribution in [3.05, 3.63) is 52.5 Å². The van der Waals surface area contributed by atoms with E-state index in [9.17, 15) is 13.2 Å². The van der Waals surface area contributed by atoms with Gasteiger partial charge in [-0.3, -0.25) is 9.10 Å². The van der Waals surface area contributed by atoms with E-state index in [0.29, 0.717) is 30.7 Å². The largest absolute Gasteiger partial charge is 0.486 e. The van der Waals surface area contributed by atoms with Crippen LogP contribution < -0.4 is 9.04 Å². The number of ether oxygens (including phenoxy) is 1. The van der Waals surface area contributed by atoms with Gasteiger partial charge in [-0.05, 0) is 68.0 Å². The van der Waals surface area contributed by atoms with E-state index in [4.69, 9.17) is 9.84 Å². The van der Waals surface area contributed by atoms with Crippen LogP contribution in [0.4, 0.5) is 5.69 Å². The Morgan fingerprint density at radius 1 is 1.24 bits per heavy atom. The van der Waals surface area contributed by atoms with Gasteiger partial charge in [-0.15, -0.1) is 0 Å². The van der Waals surface area contributed by atoms with Gasteiger partial charge in [0.25, 0.3) is 10.0 Å². The summed E-state index contributed by atoms with van der Waals surface area (Å²) in [6, 6.07) is 12.2. The average molecular weight is 480 g/mol. The monoisotopic (exact) mass is 479 g/mol. The maximum atomic E-state index is 13.4. The number of hydrogen-bond donors (Lipinski definition) is 1. The van der Waals surface area contributed by atoms with Crippen LogP contribution >= 0.6 is 15.9 Å². The van der Waals surface area contributed by atoms with Crippen LogP contribution in [0.1, 0.15) is 24.8 Å². The first kappa shape index (κ1) is 20.2. The topological polar surface area (TPSA) is 83.9 Å². The van der Waals surface area contributed by atoms with Gasteiger partial charge >= 0.3 is 5.97 Å². The van der Waals surface area contributed by atoms with Crippen molar-refractivity contribution >= 4 is 37.6 Å². The molecule has 154 valence electrons. The smallest absolute Gasteiger partial charge is 0.306 e. The molecule has 0 aromatic heterocycles. The van der Waals surface area contributed by atoms with Gasteiger partial charge in [0.2, 0.25) is 0 Å². The molecule has 6 nitrogen and oxygen atoms in total. The third-order valence-electron chi connectivity index (χ3n) is 5.61. The second-order valence-electron chi connectivity index (χ2n) is 7.81. The molecule has 1 aliphatic heterocycles. The van der Waals surface area contributed by atoms with Crippen molar-refractivity contribution in [1.29, 1.82) is 0 Å².